The van der Waals surface area contributed by atoms with E-state index >= 15 is 0 Å². The van der Waals surface area contributed by atoms with Gasteiger partial charge in [-0.25, -0.2) is 14.8 Å². The standard InChI is InChI=1S/C24H32N4O4S/c1-24(2,3)32-22(29)27-21-11-18(28-16-8-9-17(28)13-30-12-16)10-15(25-21)14-33-23-26-19-6-4-5-7-20(19)31-23/h10-11,16-17H,4-9,12-14H2,1-3H3,(H,25,27,29). The zero-order valence-corrected chi connectivity index (χ0v) is 20.4. The van der Waals surface area contributed by atoms with Crippen LogP contribution in [0, 0.1) is 0 Å². The van der Waals surface area contributed by atoms with Crippen LogP contribution in [-0.4, -0.2) is 47.0 Å². The average Bonchev–Trinajstić information content (AvgIpc) is 3.28. The number of morpholine rings is 1. The quantitative estimate of drug-likeness (QED) is 0.611. The summed E-state index contributed by atoms with van der Waals surface area (Å²) in [5.74, 6) is 2.13. The smallest absolute Gasteiger partial charge is 0.413 e. The largest absolute Gasteiger partial charge is 0.444 e. The molecule has 9 heteroatoms. The van der Waals surface area contributed by atoms with E-state index in [-0.39, 0.29) is 0 Å². The van der Waals surface area contributed by atoms with Crippen LogP contribution in [0.4, 0.5) is 16.3 Å². The number of rotatable bonds is 5. The summed E-state index contributed by atoms with van der Waals surface area (Å²) in [6.07, 6.45) is 6.04. The van der Waals surface area contributed by atoms with E-state index in [0.717, 1.165) is 68.2 Å². The summed E-state index contributed by atoms with van der Waals surface area (Å²) in [6.45, 7) is 7.01. The molecule has 8 nitrogen and oxygen atoms in total. The summed E-state index contributed by atoms with van der Waals surface area (Å²) in [5, 5.41) is 3.52. The van der Waals surface area contributed by atoms with Crippen LogP contribution in [0.3, 0.4) is 0 Å². The molecule has 178 valence electrons. The summed E-state index contributed by atoms with van der Waals surface area (Å²) in [5.41, 5.74) is 2.45. The highest BCUT2D eigenvalue weighted by molar-refractivity contribution is 7.98. The van der Waals surface area contributed by atoms with Crippen molar-refractivity contribution in [2.45, 2.75) is 88.0 Å². The van der Waals surface area contributed by atoms with Crippen molar-refractivity contribution in [3.8, 4) is 0 Å². The number of carbonyl (C=O) groups is 1. The molecule has 1 N–H and O–H groups in total. The first-order valence-electron chi connectivity index (χ1n) is 11.8. The van der Waals surface area contributed by atoms with E-state index in [0.29, 0.717) is 28.9 Å². The summed E-state index contributed by atoms with van der Waals surface area (Å²) < 4.78 is 17.2. The second-order valence-electron chi connectivity index (χ2n) is 10.0. The van der Waals surface area contributed by atoms with Crippen LogP contribution in [0.15, 0.2) is 21.8 Å². The van der Waals surface area contributed by atoms with E-state index in [2.05, 4.69) is 21.3 Å². The van der Waals surface area contributed by atoms with Crippen LogP contribution in [0.5, 0.6) is 0 Å². The molecule has 0 spiro atoms. The molecule has 33 heavy (non-hydrogen) atoms. The minimum atomic E-state index is -0.576. The van der Waals surface area contributed by atoms with Gasteiger partial charge in [0.1, 0.15) is 17.2 Å². The van der Waals surface area contributed by atoms with Crippen LogP contribution in [0.1, 0.15) is 63.6 Å². The number of hydrogen-bond acceptors (Lipinski definition) is 8. The van der Waals surface area contributed by atoms with Gasteiger partial charge in [0.2, 0.25) is 0 Å². The van der Waals surface area contributed by atoms with Gasteiger partial charge in [-0.3, -0.25) is 5.32 Å². The molecule has 0 radical (unpaired) electrons. The van der Waals surface area contributed by atoms with Crippen molar-refractivity contribution in [3.05, 3.63) is 29.3 Å². The summed E-state index contributed by atoms with van der Waals surface area (Å²) in [7, 11) is 0. The Balaban J connectivity index is 1.37. The number of nitrogens with one attached hydrogen (secondary N) is 1. The van der Waals surface area contributed by atoms with Gasteiger partial charge in [-0.05, 0) is 58.9 Å². The van der Waals surface area contributed by atoms with E-state index in [9.17, 15) is 4.79 Å². The van der Waals surface area contributed by atoms with Crippen LogP contribution in [0.25, 0.3) is 0 Å². The molecule has 0 saturated carbocycles. The van der Waals surface area contributed by atoms with Crippen molar-refractivity contribution in [2.75, 3.05) is 23.4 Å². The van der Waals surface area contributed by atoms with Gasteiger partial charge in [-0.2, -0.15) is 0 Å². The lowest BCUT2D eigenvalue weighted by molar-refractivity contribution is 0.0635. The number of fused-ring (bicyclic) bond motifs is 3. The van der Waals surface area contributed by atoms with Gasteiger partial charge in [0.05, 0.1) is 36.7 Å². The molecule has 2 aromatic heterocycles. The van der Waals surface area contributed by atoms with E-state index in [1.807, 2.05) is 26.8 Å². The molecule has 2 aliphatic heterocycles. The molecule has 3 aliphatic rings. The van der Waals surface area contributed by atoms with Crippen LogP contribution < -0.4 is 10.2 Å². The number of ether oxygens (including phenoxy) is 2. The third-order valence-electron chi connectivity index (χ3n) is 6.20. The Hall–Kier alpha value is -2.26. The Bertz CT molecular complexity index is 979. The molecule has 2 unspecified atom stereocenters. The fourth-order valence-electron chi connectivity index (χ4n) is 4.84. The monoisotopic (exact) mass is 472 g/mol. The highest BCUT2D eigenvalue weighted by Gasteiger charge is 2.37. The molecular weight excluding hydrogens is 440 g/mol. The Kier molecular flexibility index (Phi) is 6.26. The molecule has 2 saturated heterocycles. The summed E-state index contributed by atoms with van der Waals surface area (Å²) >= 11 is 1.55. The Labute approximate surface area is 198 Å². The SMILES string of the molecule is CC(C)(C)OC(=O)Nc1cc(N2C3CCC2COC3)cc(CSc2nc3c(o2)CCCC3)n1. The van der Waals surface area contributed by atoms with Crippen molar-refractivity contribution in [1.29, 1.82) is 0 Å². The van der Waals surface area contributed by atoms with Crippen LogP contribution >= 0.6 is 11.8 Å². The maximum Gasteiger partial charge on any atom is 0.413 e. The maximum absolute atomic E-state index is 12.4. The number of hydrogen-bond donors (Lipinski definition) is 1. The number of aryl methyl sites for hydroxylation is 2. The number of aromatic nitrogens is 2. The van der Waals surface area contributed by atoms with Gasteiger partial charge >= 0.3 is 6.09 Å². The highest BCUT2D eigenvalue weighted by atomic mass is 32.2. The number of carbonyl (C=O) groups excluding carboxylic acids is 1. The number of thioether (sulfide) groups is 1. The number of pyridine rings is 1. The first-order valence-corrected chi connectivity index (χ1v) is 12.8. The lowest BCUT2D eigenvalue weighted by Crippen LogP contribution is -2.46. The molecule has 2 fully saturated rings. The number of nitrogens with zero attached hydrogens (tertiary/aromatic N) is 3. The van der Waals surface area contributed by atoms with Crippen LogP contribution in [-0.2, 0) is 28.1 Å². The van der Waals surface area contributed by atoms with E-state index in [4.69, 9.17) is 18.9 Å². The number of amides is 1. The van der Waals surface area contributed by atoms with Crippen molar-refractivity contribution < 1.29 is 18.7 Å². The Morgan fingerprint density at radius 1 is 1.18 bits per heavy atom. The first kappa shape index (κ1) is 22.5. The zero-order chi connectivity index (χ0) is 23.0. The lowest BCUT2D eigenvalue weighted by atomic mass is 10.0. The Morgan fingerprint density at radius 3 is 2.67 bits per heavy atom. The van der Waals surface area contributed by atoms with E-state index in [1.54, 1.807) is 11.8 Å². The highest BCUT2D eigenvalue weighted by Crippen LogP contribution is 2.36. The van der Waals surface area contributed by atoms with Gasteiger partial charge in [0.25, 0.3) is 5.22 Å². The number of anilines is 2. The molecule has 4 heterocycles. The topological polar surface area (TPSA) is 89.7 Å². The molecule has 2 atom stereocenters. The summed E-state index contributed by atoms with van der Waals surface area (Å²) in [4.78, 5) is 24.2. The third kappa shape index (κ3) is 5.30. The molecule has 1 aliphatic carbocycles. The van der Waals surface area contributed by atoms with Gasteiger partial charge in [-0.15, -0.1) is 0 Å². The zero-order valence-electron chi connectivity index (χ0n) is 19.6. The van der Waals surface area contributed by atoms with Crippen molar-refractivity contribution in [2.24, 2.45) is 0 Å². The van der Waals surface area contributed by atoms with Gasteiger partial charge in [0, 0.05) is 23.9 Å². The normalized spacial score (nSPS) is 22.2. The predicted octanol–water partition coefficient (Wildman–Crippen LogP) is 4.96. The van der Waals surface area contributed by atoms with Crippen molar-refractivity contribution in [1.82, 2.24) is 9.97 Å². The molecule has 5 rings (SSSR count). The third-order valence-corrected chi connectivity index (χ3v) is 7.06. The minimum Gasteiger partial charge on any atom is -0.444 e. The van der Waals surface area contributed by atoms with Crippen molar-refractivity contribution >= 4 is 29.4 Å². The predicted molar refractivity (Wildman–Crippen MR) is 127 cm³/mol. The fraction of sp³-hybridized carbons (Fsp3) is 0.625. The Morgan fingerprint density at radius 2 is 1.94 bits per heavy atom. The van der Waals surface area contributed by atoms with Gasteiger partial charge in [0.15, 0.2) is 0 Å². The minimum absolute atomic E-state index is 0.361. The molecular formula is C24H32N4O4S. The second kappa shape index (κ2) is 9.18. The van der Waals surface area contributed by atoms with Gasteiger partial charge < -0.3 is 18.8 Å². The molecule has 1 amide bonds. The fourth-order valence-corrected chi connectivity index (χ4v) is 5.60. The molecule has 2 aromatic rings. The second-order valence-corrected chi connectivity index (χ2v) is 10.9. The van der Waals surface area contributed by atoms with Gasteiger partial charge in [-0.1, -0.05) is 11.8 Å². The molecule has 2 bridgehead atoms. The van der Waals surface area contributed by atoms with E-state index in [1.165, 1.54) is 6.42 Å². The average molecular weight is 473 g/mol. The van der Waals surface area contributed by atoms with Crippen molar-refractivity contribution in [3.63, 3.8) is 0 Å². The molecule has 0 aromatic carbocycles. The lowest BCUT2D eigenvalue weighted by Gasteiger charge is -2.37. The number of oxazole rings is 1. The van der Waals surface area contributed by atoms with Crippen LogP contribution in [0.2, 0.25) is 0 Å². The first-order chi connectivity index (χ1) is 15.8. The van der Waals surface area contributed by atoms with E-state index < -0.39 is 11.7 Å². The maximum atomic E-state index is 12.4. The summed E-state index contributed by atoms with van der Waals surface area (Å²) in [6, 6.07) is 4.78.